The van der Waals surface area contributed by atoms with Gasteiger partial charge in [-0.25, -0.2) is 0 Å². The van der Waals surface area contributed by atoms with Crippen LogP contribution in [-0.4, -0.2) is 37.6 Å². The molecule has 0 amide bonds. The topological polar surface area (TPSA) is 15.3 Å². The van der Waals surface area contributed by atoms with Crippen molar-refractivity contribution < 1.29 is 0 Å². The van der Waals surface area contributed by atoms with Crippen molar-refractivity contribution in [2.75, 3.05) is 32.7 Å². The summed E-state index contributed by atoms with van der Waals surface area (Å²) in [6.07, 6.45) is 5.86. The van der Waals surface area contributed by atoms with Crippen LogP contribution in [0.3, 0.4) is 0 Å². The Hall–Kier alpha value is -0.0800. The maximum atomic E-state index is 3.57. The number of nitrogens with zero attached hydrogens (tertiary/aromatic N) is 1. The minimum Gasteiger partial charge on any atom is -0.316 e. The molecule has 3 unspecified atom stereocenters. The van der Waals surface area contributed by atoms with Crippen LogP contribution in [0.15, 0.2) is 0 Å². The van der Waals surface area contributed by atoms with E-state index in [4.69, 9.17) is 0 Å². The van der Waals surface area contributed by atoms with E-state index < -0.39 is 0 Å². The maximum absolute atomic E-state index is 3.57. The van der Waals surface area contributed by atoms with E-state index in [1.165, 1.54) is 58.4 Å². The largest absolute Gasteiger partial charge is 0.316 e. The van der Waals surface area contributed by atoms with E-state index in [1.807, 2.05) is 0 Å². The van der Waals surface area contributed by atoms with Gasteiger partial charge in [0.15, 0.2) is 0 Å². The van der Waals surface area contributed by atoms with Gasteiger partial charge in [-0.3, -0.25) is 0 Å². The van der Waals surface area contributed by atoms with Gasteiger partial charge in [0.2, 0.25) is 0 Å². The fraction of sp³-hybridized carbons (Fsp3) is 1.00. The zero-order chi connectivity index (χ0) is 8.73. The fourth-order valence-corrected chi connectivity index (χ4v) is 3.67. The lowest BCUT2D eigenvalue weighted by molar-refractivity contribution is 0.0118. The van der Waals surface area contributed by atoms with E-state index in [-0.39, 0.29) is 0 Å². The van der Waals surface area contributed by atoms with Crippen LogP contribution in [-0.2, 0) is 0 Å². The number of nitrogens with one attached hydrogen (secondary N) is 1. The molecule has 2 heteroatoms. The molecule has 3 aliphatic heterocycles. The molecule has 1 N–H and O–H groups in total. The molecule has 2 bridgehead atoms. The first-order valence-electron chi connectivity index (χ1n) is 5.82. The van der Waals surface area contributed by atoms with Gasteiger partial charge in [0, 0.05) is 13.1 Å². The van der Waals surface area contributed by atoms with Gasteiger partial charge in [-0.15, -0.1) is 0 Å². The summed E-state index contributed by atoms with van der Waals surface area (Å²) in [5.74, 6) is 1.02. The summed E-state index contributed by atoms with van der Waals surface area (Å²) in [4.78, 5) is 2.68. The molecule has 3 rings (SSSR count). The molecule has 3 fully saturated rings. The Labute approximate surface area is 80.7 Å². The summed E-state index contributed by atoms with van der Waals surface area (Å²) in [6, 6.07) is 0. The third-order valence-electron chi connectivity index (χ3n) is 4.57. The molecule has 3 aliphatic rings. The number of hydrogen-bond donors (Lipinski definition) is 1. The quantitative estimate of drug-likeness (QED) is 0.600. The summed E-state index contributed by atoms with van der Waals surface area (Å²) < 4.78 is 0. The first-order valence-corrected chi connectivity index (χ1v) is 5.82. The van der Waals surface area contributed by atoms with E-state index in [2.05, 4.69) is 10.2 Å². The van der Waals surface area contributed by atoms with Crippen LogP contribution in [0.2, 0.25) is 0 Å². The Morgan fingerprint density at radius 1 is 1.23 bits per heavy atom. The molecule has 0 radical (unpaired) electrons. The maximum Gasteiger partial charge on any atom is 0.00155 e. The highest BCUT2D eigenvalue weighted by Gasteiger charge is 2.45. The zero-order valence-corrected chi connectivity index (χ0v) is 8.39. The Morgan fingerprint density at radius 2 is 2.23 bits per heavy atom. The Bertz CT molecular complexity index is 196. The first kappa shape index (κ1) is 8.25. The summed E-state index contributed by atoms with van der Waals surface area (Å²) in [5.41, 5.74) is 0.719. The van der Waals surface area contributed by atoms with Gasteiger partial charge in [-0.05, 0) is 56.7 Å². The molecule has 2 nitrogen and oxygen atoms in total. The Kier molecular flexibility index (Phi) is 1.88. The number of fused-ring (bicyclic) bond motifs is 3. The standard InChI is InChI=1S/C11H20N2/c1-2-10-8-13(6-1)7-4-11(10)3-5-12-9-11/h10,12H,1-9H2. The van der Waals surface area contributed by atoms with Crippen molar-refractivity contribution >= 4 is 0 Å². The monoisotopic (exact) mass is 180 g/mol. The van der Waals surface area contributed by atoms with E-state index in [0.717, 1.165) is 11.3 Å². The van der Waals surface area contributed by atoms with E-state index in [9.17, 15) is 0 Å². The third kappa shape index (κ3) is 1.23. The van der Waals surface area contributed by atoms with Crippen molar-refractivity contribution in [2.24, 2.45) is 11.3 Å². The third-order valence-corrected chi connectivity index (χ3v) is 4.57. The Morgan fingerprint density at radius 3 is 3.08 bits per heavy atom. The Balaban J connectivity index is 1.81. The van der Waals surface area contributed by atoms with Gasteiger partial charge >= 0.3 is 0 Å². The molecule has 1 spiro atoms. The molecule has 0 aromatic carbocycles. The van der Waals surface area contributed by atoms with Crippen molar-refractivity contribution in [3.05, 3.63) is 0 Å². The van der Waals surface area contributed by atoms with Crippen LogP contribution < -0.4 is 5.32 Å². The lowest BCUT2D eigenvalue weighted by Crippen LogP contribution is -2.51. The molecular formula is C11H20N2. The van der Waals surface area contributed by atoms with E-state index in [1.54, 1.807) is 0 Å². The minimum absolute atomic E-state index is 0.719. The predicted molar refractivity (Wildman–Crippen MR) is 53.7 cm³/mol. The number of piperidine rings is 2. The second-order valence-electron chi connectivity index (χ2n) is 5.18. The summed E-state index contributed by atoms with van der Waals surface area (Å²) >= 11 is 0. The highest BCUT2D eigenvalue weighted by Crippen LogP contribution is 2.45. The van der Waals surface area contributed by atoms with Crippen molar-refractivity contribution in [2.45, 2.75) is 25.7 Å². The summed E-state index contributed by atoms with van der Waals surface area (Å²) in [7, 11) is 0. The summed E-state index contributed by atoms with van der Waals surface area (Å²) in [5, 5.41) is 3.57. The molecule has 13 heavy (non-hydrogen) atoms. The predicted octanol–water partition coefficient (Wildman–Crippen LogP) is 1.08. The highest BCUT2D eigenvalue weighted by molar-refractivity contribution is 4.99. The minimum atomic E-state index is 0.719. The number of hydrogen-bond acceptors (Lipinski definition) is 2. The van der Waals surface area contributed by atoms with Crippen LogP contribution in [0.25, 0.3) is 0 Å². The second kappa shape index (κ2) is 2.96. The zero-order valence-electron chi connectivity index (χ0n) is 8.39. The average molecular weight is 180 g/mol. The van der Waals surface area contributed by atoms with Gasteiger partial charge in [0.05, 0.1) is 0 Å². The van der Waals surface area contributed by atoms with Crippen molar-refractivity contribution in [3.63, 3.8) is 0 Å². The van der Waals surface area contributed by atoms with Gasteiger partial charge in [-0.1, -0.05) is 0 Å². The van der Waals surface area contributed by atoms with Crippen LogP contribution in [0.4, 0.5) is 0 Å². The molecule has 3 atom stereocenters. The lowest BCUT2D eigenvalue weighted by atomic mass is 9.66. The normalized spacial score (nSPS) is 49.8. The number of rotatable bonds is 0. The second-order valence-corrected chi connectivity index (χ2v) is 5.18. The fourth-order valence-electron chi connectivity index (χ4n) is 3.67. The highest BCUT2D eigenvalue weighted by atomic mass is 15.2. The van der Waals surface area contributed by atoms with Crippen LogP contribution in [0.1, 0.15) is 25.7 Å². The van der Waals surface area contributed by atoms with Gasteiger partial charge in [-0.2, -0.15) is 0 Å². The molecule has 3 heterocycles. The molecule has 0 aromatic rings. The first-order chi connectivity index (χ1) is 6.39. The molecule has 0 aliphatic carbocycles. The lowest BCUT2D eigenvalue weighted by Gasteiger charge is -2.49. The van der Waals surface area contributed by atoms with Gasteiger partial charge in [0.25, 0.3) is 0 Å². The summed E-state index contributed by atoms with van der Waals surface area (Å²) in [6.45, 7) is 6.74. The average Bonchev–Trinajstić information content (AvgIpc) is 2.63. The molecule has 3 saturated heterocycles. The van der Waals surface area contributed by atoms with Crippen molar-refractivity contribution in [3.8, 4) is 0 Å². The van der Waals surface area contributed by atoms with Gasteiger partial charge < -0.3 is 10.2 Å². The molecular weight excluding hydrogens is 160 g/mol. The van der Waals surface area contributed by atoms with Crippen molar-refractivity contribution in [1.29, 1.82) is 0 Å². The van der Waals surface area contributed by atoms with E-state index in [0.29, 0.717) is 0 Å². The van der Waals surface area contributed by atoms with E-state index >= 15 is 0 Å². The van der Waals surface area contributed by atoms with Crippen molar-refractivity contribution in [1.82, 2.24) is 10.2 Å². The smallest absolute Gasteiger partial charge is 0.00155 e. The van der Waals surface area contributed by atoms with Crippen LogP contribution in [0.5, 0.6) is 0 Å². The SMILES string of the molecule is C1CC2CN(C1)CCC21CCNC1. The molecule has 0 aromatic heterocycles. The molecule has 0 saturated carbocycles. The van der Waals surface area contributed by atoms with Crippen LogP contribution >= 0.6 is 0 Å². The van der Waals surface area contributed by atoms with Crippen LogP contribution in [0, 0.1) is 11.3 Å². The molecule has 74 valence electrons. The van der Waals surface area contributed by atoms with Gasteiger partial charge in [0.1, 0.15) is 0 Å².